The van der Waals surface area contributed by atoms with Crippen molar-refractivity contribution in [2.24, 2.45) is 0 Å². The lowest BCUT2D eigenvalue weighted by Crippen LogP contribution is -2.16. The summed E-state index contributed by atoms with van der Waals surface area (Å²) in [6.45, 7) is -0.415. The molecule has 84 valence electrons. The highest BCUT2D eigenvalue weighted by Crippen LogP contribution is 2.10. The zero-order valence-electron chi connectivity index (χ0n) is 7.69. The van der Waals surface area contributed by atoms with Crippen LogP contribution >= 0.6 is 23.6 Å². The summed E-state index contributed by atoms with van der Waals surface area (Å²) in [5.74, 6) is -1.64. The number of carbonyl (C=O) groups excluding carboxylic acids is 1. The largest absolute Gasteiger partial charge is 0.488 e. The number of ether oxygens (including phenoxy) is 1. The number of hydrogen-bond acceptors (Lipinski definition) is 6. The van der Waals surface area contributed by atoms with Gasteiger partial charge in [-0.15, -0.1) is 5.10 Å². The van der Waals surface area contributed by atoms with E-state index in [1.807, 2.05) is 0 Å². The average molecular weight is 260 g/mol. The number of carbonyl (C=O) groups is 1. The maximum absolute atomic E-state index is 12.2. The Morgan fingerprint density at radius 2 is 2.62 bits per heavy atom. The van der Waals surface area contributed by atoms with E-state index in [1.165, 1.54) is 6.07 Å². The molecule has 0 saturated carbocycles. The molecule has 0 spiro atoms. The summed E-state index contributed by atoms with van der Waals surface area (Å²) in [4.78, 5) is 11.1. The van der Waals surface area contributed by atoms with E-state index in [1.54, 1.807) is 0 Å². The van der Waals surface area contributed by atoms with Crippen LogP contribution in [0.5, 0.6) is 0 Å². The van der Waals surface area contributed by atoms with E-state index >= 15 is 0 Å². The number of nitrogens with zero attached hydrogens (tertiary/aromatic N) is 2. The number of nitriles is 1. The fourth-order valence-electron chi connectivity index (χ4n) is 0.656. The van der Waals surface area contributed by atoms with Crippen LogP contribution in [0.15, 0.2) is 12.1 Å². The standard InChI is InChI=1S/C7H5FN4O2S2/c8-4(1-9)2-14-3-5(13)10-6-11-12-7(15)16-6/h2H,3H2,(H,12,15)(H,10,11,13)/b4-2+. The summed E-state index contributed by atoms with van der Waals surface area (Å²) in [5.41, 5.74) is 0. The van der Waals surface area contributed by atoms with Crippen LogP contribution < -0.4 is 5.32 Å². The first kappa shape index (κ1) is 12.3. The van der Waals surface area contributed by atoms with Crippen molar-refractivity contribution in [1.29, 1.82) is 5.26 Å². The van der Waals surface area contributed by atoms with Gasteiger partial charge in [-0.05, 0) is 12.2 Å². The third-order valence-corrected chi connectivity index (χ3v) is 2.20. The Labute approximate surface area is 98.4 Å². The van der Waals surface area contributed by atoms with Gasteiger partial charge in [0.2, 0.25) is 11.0 Å². The van der Waals surface area contributed by atoms with Gasteiger partial charge in [0.15, 0.2) is 10.6 Å². The molecule has 2 N–H and O–H groups in total. The first-order valence-corrected chi connectivity index (χ1v) is 5.07. The molecule has 1 rings (SSSR count). The molecule has 0 atom stereocenters. The molecular weight excluding hydrogens is 255 g/mol. The smallest absolute Gasteiger partial charge is 0.264 e. The molecule has 0 aliphatic heterocycles. The van der Waals surface area contributed by atoms with Gasteiger partial charge in [-0.1, -0.05) is 11.3 Å². The first-order chi connectivity index (χ1) is 7.61. The van der Waals surface area contributed by atoms with E-state index in [2.05, 4.69) is 20.3 Å². The van der Waals surface area contributed by atoms with Crippen LogP contribution in [0.4, 0.5) is 9.52 Å². The molecular formula is C7H5FN4O2S2. The molecule has 1 aromatic heterocycles. The highest BCUT2D eigenvalue weighted by atomic mass is 32.1. The molecule has 1 amide bonds. The molecule has 0 aliphatic rings. The number of nitrogens with one attached hydrogen (secondary N) is 2. The molecule has 0 aromatic carbocycles. The van der Waals surface area contributed by atoms with Crippen molar-refractivity contribution in [3.8, 4) is 6.07 Å². The van der Waals surface area contributed by atoms with E-state index < -0.39 is 18.3 Å². The fourth-order valence-corrected chi connectivity index (χ4v) is 1.46. The van der Waals surface area contributed by atoms with E-state index in [0.29, 0.717) is 15.3 Å². The Morgan fingerprint density at radius 3 is 3.19 bits per heavy atom. The van der Waals surface area contributed by atoms with Gasteiger partial charge in [-0.3, -0.25) is 15.2 Å². The highest BCUT2D eigenvalue weighted by Gasteiger charge is 2.04. The molecule has 0 aliphatic carbocycles. The highest BCUT2D eigenvalue weighted by molar-refractivity contribution is 7.73. The van der Waals surface area contributed by atoms with Crippen LogP contribution in [0.3, 0.4) is 0 Å². The van der Waals surface area contributed by atoms with E-state index in [9.17, 15) is 9.18 Å². The molecule has 6 nitrogen and oxygen atoms in total. The average Bonchev–Trinajstić information content (AvgIpc) is 2.63. The minimum Gasteiger partial charge on any atom is -0.488 e. The normalized spacial score (nSPS) is 10.6. The van der Waals surface area contributed by atoms with Crippen LogP contribution in [-0.4, -0.2) is 22.7 Å². The monoisotopic (exact) mass is 260 g/mol. The van der Waals surface area contributed by atoms with Gasteiger partial charge < -0.3 is 4.74 Å². The van der Waals surface area contributed by atoms with Crippen molar-refractivity contribution in [3.63, 3.8) is 0 Å². The zero-order chi connectivity index (χ0) is 12.0. The van der Waals surface area contributed by atoms with E-state index in [0.717, 1.165) is 11.3 Å². The van der Waals surface area contributed by atoms with Crippen molar-refractivity contribution < 1.29 is 13.9 Å². The first-order valence-electron chi connectivity index (χ1n) is 3.84. The maximum Gasteiger partial charge on any atom is 0.264 e. The SMILES string of the molecule is N#C/C(F)=C\OCC(=O)Nc1n[nH]c(=S)s1. The Bertz CT molecular complexity index is 501. The van der Waals surface area contributed by atoms with Crippen LogP contribution in [0.25, 0.3) is 0 Å². The molecule has 0 bridgehead atoms. The second kappa shape index (κ2) is 5.94. The van der Waals surface area contributed by atoms with Gasteiger partial charge in [0.05, 0.1) is 0 Å². The third kappa shape index (κ3) is 4.16. The molecule has 0 saturated heterocycles. The second-order valence-electron chi connectivity index (χ2n) is 2.36. The number of amides is 1. The minimum atomic E-state index is -1.11. The summed E-state index contributed by atoms with van der Waals surface area (Å²) < 4.78 is 17.1. The Morgan fingerprint density at radius 1 is 1.88 bits per heavy atom. The Kier molecular flexibility index (Phi) is 4.56. The Balaban J connectivity index is 2.38. The topological polar surface area (TPSA) is 90.8 Å². The molecule has 1 heterocycles. The molecule has 0 unspecified atom stereocenters. The van der Waals surface area contributed by atoms with Gasteiger partial charge >= 0.3 is 0 Å². The second-order valence-corrected chi connectivity index (χ2v) is 4.02. The molecule has 9 heteroatoms. The summed E-state index contributed by atoms with van der Waals surface area (Å²) in [5, 5.41) is 16.8. The molecule has 0 fully saturated rings. The number of anilines is 1. The van der Waals surface area contributed by atoms with Gasteiger partial charge in [-0.2, -0.15) is 9.65 Å². The summed E-state index contributed by atoms with van der Waals surface area (Å²) in [7, 11) is 0. The summed E-state index contributed by atoms with van der Waals surface area (Å²) in [6, 6.07) is 1.20. The number of aromatic amines is 1. The summed E-state index contributed by atoms with van der Waals surface area (Å²) in [6.07, 6.45) is 0.562. The van der Waals surface area contributed by atoms with Crippen LogP contribution in [0, 0.1) is 15.3 Å². The van der Waals surface area contributed by atoms with Crippen molar-refractivity contribution in [2.75, 3.05) is 11.9 Å². The number of rotatable bonds is 4. The lowest BCUT2D eigenvalue weighted by Gasteiger charge is -1.99. The number of allylic oxidation sites excluding steroid dienone is 1. The number of aromatic nitrogens is 2. The van der Waals surface area contributed by atoms with Gasteiger partial charge in [0.1, 0.15) is 12.3 Å². The number of hydrogen-bond donors (Lipinski definition) is 2. The maximum atomic E-state index is 12.2. The van der Waals surface area contributed by atoms with Crippen LogP contribution in [0.1, 0.15) is 0 Å². The lowest BCUT2D eigenvalue weighted by molar-refractivity contribution is -0.119. The summed E-state index contributed by atoms with van der Waals surface area (Å²) >= 11 is 5.83. The predicted molar refractivity (Wildman–Crippen MR) is 56.7 cm³/mol. The fraction of sp³-hybridized carbons (Fsp3) is 0.143. The Hall–Kier alpha value is -1.79. The van der Waals surface area contributed by atoms with Crippen molar-refractivity contribution >= 4 is 34.6 Å². The quantitative estimate of drug-likeness (QED) is 0.486. The lowest BCUT2D eigenvalue weighted by atomic mass is 10.6. The molecule has 0 radical (unpaired) electrons. The third-order valence-electron chi connectivity index (χ3n) is 1.19. The molecule has 1 aromatic rings. The predicted octanol–water partition coefficient (Wildman–Crippen LogP) is 1.49. The van der Waals surface area contributed by atoms with Gasteiger partial charge in [-0.25, -0.2) is 0 Å². The number of H-pyrrole nitrogens is 1. The van der Waals surface area contributed by atoms with E-state index in [-0.39, 0.29) is 0 Å². The minimum absolute atomic E-state index is 0.295. The van der Waals surface area contributed by atoms with Crippen LogP contribution in [-0.2, 0) is 9.53 Å². The van der Waals surface area contributed by atoms with Crippen molar-refractivity contribution in [2.45, 2.75) is 0 Å². The number of halogens is 1. The van der Waals surface area contributed by atoms with Gasteiger partial charge in [0, 0.05) is 0 Å². The van der Waals surface area contributed by atoms with Crippen molar-refractivity contribution in [3.05, 3.63) is 16.0 Å². The van der Waals surface area contributed by atoms with Crippen molar-refractivity contribution in [1.82, 2.24) is 10.2 Å². The molecule has 16 heavy (non-hydrogen) atoms. The van der Waals surface area contributed by atoms with Crippen LogP contribution in [0.2, 0.25) is 0 Å². The van der Waals surface area contributed by atoms with E-state index in [4.69, 9.17) is 17.5 Å². The zero-order valence-corrected chi connectivity index (χ0v) is 9.32. The van der Waals surface area contributed by atoms with Gasteiger partial charge in [0.25, 0.3) is 5.91 Å².